The lowest BCUT2D eigenvalue weighted by atomic mass is 9.98. The zero-order valence-electron chi connectivity index (χ0n) is 14.9. The molecule has 9 heteroatoms. The number of nitrogens with one attached hydrogen (secondary N) is 1. The van der Waals surface area contributed by atoms with Gasteiger partial charge in [-0.3, -0.25) is 4.79 Å². The van der Waals surface area contributed by atoms with Crippen LogP contribution >= 0.6 is 15.9 Å². The minimum absolute atomic E-state index is 0.161. The van der Waals surface area contributed by atoms with Gasteiger partial charge in [0.25, 0.3) is 0 Å². The third-order valence-electron chi connectivity index (χ3n) is 4.85. The quantitative estimate of drug-likeness (QED) is 0.747. The van der Waals surface area contributed by atoms with E-state index in [1.54, 1.807) is 42.5 Å². The standard InChI is InChI=1S/C19H19BrN2O5S/c20-14-3-6-16(7-4-14)28(24,25)22-9-1-2-13(11-22)19(23)21-15-5-8-17-18(10-15)27-12-26-17/h3-8,10,13H,1-2,9,11-12H2,(H,21,23)/t13-/m0/s1. The van der Waals surface area contributed by atoms with Crippen LogP contribution in [-0.2, 0) is 14.8 Å². The monoisotopic (exact) mass is 466 g/mol. The predicted octanol–water partition coefficient (Wildman–Crippen LogP) is 3.22. The normalized spacial score (nSPS) is 19.4. The summed E-state index contributed by atoms with van der Waals surface area (Å²) >= 11 is 3.31. The largest absolute Gasteiger partial charge is 0.454 e. The number of hydrogen-bond acceptors (Lipinski definition) is 5. The smallest absolute Gasteiger partial charge is 0.243 e. The molecule has 0 spiro atoms. The molecule has 0 unspecified atom stereocenters. The molecule has 0 aliphatic carbocycles. The van der Waals surface area contributed by atoms with Crippen molar-refractivity contribution in [3.05, 3.63) is 46.9 Å². The van der Waals surface area contributed by atoms with Crippen molar-refractivity contribution in [3.8, 4) is 11.5 Å². The van der Waals surface area contributed by atoms with Crippen LogP contribution in [0.5, 0.6) is 11.5 Å². The van der Waals surface area contributed by atoms with E-state index in [1.165, 1.54) is 4.31 Å². The highest BCUT2D eigenvalue weighted by molar-refractivity contribution is 9.10. The lowest BCUT2D eigenvalue weighted by Crippen LogP contribution is -2.43. The summed E-state index contributed by atoms with van der Waals surface area (Å²) in [4.78, 5) is 12.9. The van der Waals surface area contributed by atoms with Gasteiger partial charge in [0.2, 0.25) is 22.7 Å². The van der Waals surface area contributed by atoms with Crippen molar-refractivity contribution >= 4 is 37.5 Å². The number of carbonyl (C=O) groups is 1. The first-order valence-electron chi connectivity index (χ1n) is 8.90. The Morgan fingerprint density at radius 3 is 2.64 bits per heavy atom. The molecule has 4 rings (SSSR count). The lowest BCUT2D eigenvalue weighted by Gasteiger charge is -2.31. The van der Waals surface area contributed by atoms with Crippen LogP contribution in [-0.4, -0.2) is 38.5 Å². The van der Waals surface area contributed by atoms with Crippen LogP contribution in [0, 0.1) is 5.92 Å². The molecule has 2 aliphatic heterocycles. The van der Waals surface area contributed by atoms with E-state index in [0.717, 1.165) is 4.47 Å². The molecule has 2 heterocycles. The molecule has 0 aromatic heterocycles. The summed E-state index contributed by atoms with van der Waals surface area (Å²) in [5.74, 6) is 0.613. The number of ether oxygens (including phenoxy) is 2. The Labute approximate surface area is 171 Å². The van der Waals surface area contributed by atoms with Gasteiger partial charge in [-0.1, -0.05) is 15.9 Å². The maximum Gasteiger partial charge on any atom is 0.243 e. The number of carbonyl (C=O) groups excluding carboxylic acids is 1. The van der Waals surface area contributed by atoms with E-state index in [4.69, 9.17) is 9.47 Å². The van der Waals surface area contributed by atoms with Gasteiger partial charge in [-0.15, -0.1) is 0 Å². The van der Waals surface area contributed by atoms with Crippen molar-refractivity contribution in [1.82, 2.24) is 4.31 Å². The number of halogens is 1. The topological polar surface area (TPSA) is 84.9 Å². The fourth-order valence-corrected chi connectivity index (χ4v) is 5.14. The summed E-state index contributed by atoms with van der Waals surface area (Å²) in [6.07, 6.45) is 1.28. The fourth-order valence-electron chi connectivity index (χ4n) is 3.35. The van der Waals surface area contributed by atoms with Crippen LogP contribution in [0.4, 0.5) is 5.69 Å². The van der Waals surface area contributed by atoms with E-state index in [0.29, 0.717) is 36.6 Å². The van der Waals surface area contributed by atoms with Crippen molar-refractivity contribution in [2.24, 2.45) is 5.92 Å². The third-order valence-corrected chi connectivity index (χ3v) is 7.25. The number of rotatable bonds is 4. The molecule has 0 bridgehead atoms. The predicted molar refractivity (Wildman–Crippen MR) is 107 cm³/mol. The molecule has 2 aromatic carbocycles. The van der Waals surface area contributed by atoms with Crippen molar-refractivity contribution in [3.63, 3.8) is 0 Å². The average molecular weight is 467 g/mol. The van der Waals surface area contributed by atoms with Gasteiger partial charge in [0.05, 0.1) is 10.8 Å². The SMILES string of the molecule is O=C(Nc1ccc2c(c1)OCO2)[C@H]1CCCN(S(=O)(=O)c2ccc(Br)cc2)C1. The van der Waals surface area contributed by atoms with E-state index in [9.17, 15) is 13.2 Å². The zero-order chi connectivity index (χ0) is 19.7. The molecular formula is C19H19BrN2O5S. The van der Waals surface area contributed by atoms with Crippen molar-refractivity contribution < 1.29 is 22.7 Å². The van der Waals surface area contributed by atoms with Gasteiger partial charge in [-0.2, -0.15) is 4.31 Å². The van der Waals surface area contributed by atoms with Crippen molar-refractivity contribution in [1.29, 1.82) is 0 Å². The van der Waals surface area contributed by atoms with Gasteiger partial charge in [0, 0.05) is 29.3 Å². The Morgan fingerprint density at radius 1 is 1.11 bits per heavy atom. The maximum atomic E-state index is 12.9. The molecular weight excluding hydrogens is 448 g/mol. The molecule has 148 valence electrons. The Bertz CT molecular complexity index is 994. The second kappa shape index (κ2) is 7.73. The van der Waals surface area contributed by atoms with Crippen molar-refractivity contribution in [2.45, 2.75) is 17.7 Å². The number of nitrogens with zero attached hydrogens (tertiary/aromatic N) is 1. The molecule has 2 aromatic rings. The molecule has 2 aliphatic rings. The van der Waals surface area contributed by atoms with Crippen molar-refractivity contribution in [2.75, 3.05) is 25.2 Å². The van der Waals surface area contributed by atoms with Gasteiger partial charge in [0.15, 0.2) is 11.5 Å². The van der Waals surface area contributed by atoms with E-state index in [1.807, 2.05) is 0 Å². The van der Waals surface area contributed by atoms with Crippen LogP contribution in [0.25, 0.3) is 0 Å². The minimum atomic E-state index is -3.63. The summed E-state index contributed by atoms with van der Waals surface area (Å²) in [6.45, 7) is 0.735. The van der Waals surface area contributed by atoms with Crippen LogP contribution in [0.1, 0.15) is 12.8 Å². The highest BCUT2D eigenvalue weighted by Crippen LogP contribution is 2.34. The fraction of sp³-hybridized carbons (Fsp3) is 0.316. The number of benzene rings is 2. The number of amides is 1. The highest BCUT2D eigenvalue weighted by Gasteiger charge is 2.33. The molecule has 7 nitrogen and oxygen atoms in total. The summed E-state index contributed by atoms with van der Waals surface area (Å²) in [5, 5.41) is 2.86. The summed E-state index contributed by atoms with van der Waals surface area (Å²) in [5.41, 5.74) is 0.599. The minimum Gasteiger partial charge on any atom is -0.454 e. The second-order valence-electron chi connectivity index (χ2n) is 6.71. The van der Waals surface area contributed by atoms with Gasteiger partial charge in [0.1, 0.15) is 0 Å². The maximum absolute atomic E-state index is 12.9. The van der Waals surface area contributed by atoms with Gasteiger partial charge in [-0.25, -0.2) is 8.42 Å². The lowest BCUT2D eigenvalue weighted by molar-refractivity contribution is -0.120. The van der Waals surface area contributed by atoms with Gasteiger partial charge < -0.3 is 14.8 Å². The van der Waals surface area contributed by atoms with Gasteiger partial charge >= 0.3 is 0 Å². The Hall–Kier alpha value is -2.10. The number of piperidine rings is 1. The van der Waals surface area contributed by atoms with Crippen LogP contribution < -0.4 is 14.8 Å². The number of anilines is 1. The molecule has 28 heavy (non-hydrogen) atoms. The molecule has 1 N–H and O–H groups in total. The number of fused-ring (bicyclic) bond motifs is 1. The van der Waals surface area contributed by atoms with Gasteiger partial charge in [-0.05, 0) is 49.2 Å². The highest BCUT2D eigenvalue weighted by atomic mass is 79.9. The summed E-state index contributed by atoms with van der Waals surface area (Å²) in [6, 6.07) is 11.7. The molecule has 1 amide bonds. The Balaban J connectivity index is 1.45. The average Bonchev–Trinajstić information content (AvgIpc) is 3.16. The van der Waals surface area contributed by atoms with Crippen LogP contribution in [0.2, 0.25) is 0 Å². The first-order chi connectivity index (χ1) is 13.4. The number of sulfonamides is 1. The van der Waals surface area contributed by atoms with E-state index in [2.05, 4.69) is 21.2 Å². The zero-order valence-corrected chi connectivity index (χ0v) is 17.3. The Morgan fingerprint density at radius 2 is 1.86 bits per heavy atom. The van der Waals surface area contributed by atoms with E-state index < -0.39 is 15.9 Å². The first kappa shape index (κ1) is 19.2. The first-order valence-corrected chi connectivity index (χ1v) is 11.1. The Kier molecular flexibility index (Phi) is 5.31. The second-order valence-corrected chi connectivity index (χ2v) is 9.57. The number of hydrogen-bond donors (Lipinski definition) is 1. The molecule has 0 radical (unpaired) electrons. The van der Waals surface area contributed by atoms with E-state index in [-0.39, 0.29) is 24.1 Å². The van der Waals surface area contributed by atoms with Crippen LogP contribution in [0.15, 0.2) is 51.8 Å². The molecule has 1 fully saturated rings. The van der Waals surface area contributed by atoms with E-state index >= 15 is 0 Å². The summed E-state index contributed by atoms with van der Waals surface area (Å²) in [7, 11) is -3.63. The summed E-state index contributed by atoms with van der Waals surface area (Å²) < 4.78 is 38.6. The molecule has 1 atom stereocenters. The molecule has 0 saturated carbocycles. The third kappa shape index (κ3) is 3.87. The van der Waals surface area contributed by atoms with Crippen LogP contribution in [0.3, 0.4) is 0 Å². The molecule has 1 saturated heterocycles.